The molecule has 0 aliphatic heterocycles. The van der Waals surface area contributed by atoms with Crippen molar-refractivity contribution in [3.63, 3.8) is 0 Å². The van der Waals surface area contributed by atoms with E-state index in [2.05, 4.69) is 133 Å². The summed E-state index contributed by atoms with van der Waals surface area (Å²) in [6, 6.07) is 41.1. The van der Waals surface area contributed by atoms with Gasteiger partial charge in [-0.2, -0.15) is 0 Å². The summed E-state index contributed by atoms with van der Waals surface area (Å²) in [5, 5.41) is 0. The lowest BCUT2D eigenvalue weighted by Crippen LogP contribution is -2.11. The van der Waals surface area contributed by atoms with Crippen LogP contribution < -0.4 is 0 Å². The molecule has 0 saturated heterocycles. The second kappa shape index (κ2) is 8.62. The summed E-state index contributed by atoms with van der Waals surface area (Å²) < 4.78 is 0. The summed E-state index contributed by atoms with van der Waals surface area (Å²) in [6.45, 7) is 0. The van der Waals surface area contributed by atoms with Crippen molar-refractivity contribution in [3.05, 3.63) is 149 Å². The normalized spacial score (nSPS) is 17.2. The minimum Gasteiger partial charge on any atom is -0.0796 e. The molecule has 1 atom stereocenters. The maximum atomic E-state index is 2.40. The van der Waals surface area contributed by atoms with E-state index in [-0.39, 0.29) is 5.41 Å². The largest absolute Gasteiger partial charge is 0.0796 e. The van der Waals surface area contributed by atoms with Crippen LogP contribution in [0, 0.1) is 5.92 Å². The van der Waals surface area contributed by atoms with Gasteiger partial charge in [0.05, 0.1) is 0 Å². The molecule has 0 nitrogen and oxygen atoms in total. The number of hydrogen-bond donors (Lipinski definition) is 0. The zero-order valence-corrected chi connectivity index (χ0v) is 17.6. The van der Waals surface area contributed by atoms with Gasteiger partial charge in [0.2, 0.25) is 0 Å². The maximum Gasteiger partial charge on any atom is 0.0272 e. The van der Waals surface area contributed by atoms with Gasteiger partial charge in [-0.3, -0.25) is 0 Å². The van der Waals surface area contributed by atoms with Gasteiger partial charge in [0.15, 0.2) is 0 Å². The van der Waals surface area contributed by atoms with Gasteiger partial charge in [-0.1, -0.05) is 140 Å². The van der Waals surface area contributed by atoms with E-state index in [1.807, 2.05) is 6.07 Å². The van der Waals surface area contributed by atoms with Crippen LogP contribution in [0.2, 0.25) is 0 Å². The Labute approximate surface area is 185 Å². The van der Waals surface area contributed by atoms with Crippen LogP contribution in [0.15, 0.2) is 121 Å². The first-order chi connectivity index (χ1) is 15.3. The van der Waals surface area contributed by atoms with Crippen molar-refractivity contribution in [3.8, 4) is 0 Å². The van der Waals surface area contributed by atoms with Gasteiger partial charge < -0.3 is 0 Å². The standard InChI is InChI=1S/C31H26/c1-4-10-25(11-5-1)16-17-26-18-20-27(21-19-26)22-23-30-24-31(30,28-12-6-2-7-13-28)29-14-8-3-9-15-29/h1-23,30H,24H2/b17-16+,23-22+. The Morgan fingerprint density at radius 3 is 1.42 bits per heavy atom. The van der Waals surface area contributed by atoms with E-state index in [1.54, 1.807) is 0 Å². The van der Waals surface area contributed by atoms with Gasteiger partial charge in [-0.15, -0.1) is 0 Å². The lowest BCUT2D eigenvalue weighted by atomic mass is 9.85. The van der Waals surface area contributed by atoms with E-state index in [9.17, 15) is 0 Å². The van der Waals surface area contributed by atoms with Crippen molar-refractivity contribution < 1.29 is 0 Å². The topological polar surface area (TPSA) is 0 Å². The molecule has 1 saturated carbocycles. The predicted molar refractivity (Wildman–Crippen MR) is 133 cm³/mol. The first-order valence-corrected chi connectivity index (χ1v) is 11.0. The Hall–Kier alpha value is -3.64. The van der Waals surface area contributed by atoms with E-state index in [0.717, 1.165) is 6.42 Å². The van der Waals surface area contributed by atoms with Crippen molar-refractivity contribution in [1.82, 2.24) is 0 Å². The molecule has 0 heteroatoms. The molecule has 1 unspecified atom stereocenters. The summed E-state index contributed by atoms with van der Waals surface area (Å²) in [5.41, 5.74) is 6.62. The summed E-state index contributed by atoms with van der Waals surface area (Å²) >= 11 is 0. The summed E-state index contributed by atoms with van der Waals surface area (Å²) in [7, 11) is 0. The monoisotopic (exact) mass is 398 g/mol. The van der Waals surface area contributed by atoms with Crippen molar-refractivity contribution >= 4 is 18.2 Å². The molecule has 0 spiro atoms. The van der Waals surface area contributed by atoms with E-state index in [0.29, 0.717) is 5.92 Å². The fraction of sp³-hybridized carbons (Fsp3) is 0.0968. The summed E-state index contributed by atoms with van der Waals surface area (Å²) in [5.74, 6) is 0.523. The molecule has 1 fully saturated rings. The van der Waals surface area contributed by atoms with Gasteiger partial charge in [0.1, 0.15) is 0 Å². The van der Waals surface area contributed by atoms with Gasteiger partial charge in [-0.25, -0.2) is 0 Å². The lowest BCUT2D eigenvalue weighted by Gasteiger charge is -2.18. The van der Waals surface area contributed by atoms with Crippen LogP contribution in [0.4, 0.5) is 0 Å². The fourth-order valence-corrected chi connectivity index (χ4v) is 4.52. The second-order valence-electron chi connectivity index (χ2n) is 8.28. The third-order valence-electron chi connectivity index (χ3n) is 6.32. The molecule has 150 valence electrons. The Kier molecular flexibility index (Phi) is 5.37. The molecule has 1 aliphatic carbocycles. The zero-order chi connectivity index (χ0) is 20.9. The first kappa shape index (κ1) is 19.3. The second-order valence-corrected chi connectivity index (χ2v) is 8.28. The summed E-state index contributed by atoms with van der Waals surface area (Å²) in [4.78, 5) is 0. The number of benzene rings is 4. The molecular weight excluding hydrogens is 372 g/mol. The molecule has 4 aromatic carbocycles. The Morgan fingerprint density at radius 2 is 0.903 bits per heavy atom. The van der Waals surface area contributed by atoms with E-state index >= 15 is 0 Å². The minimum absolute atomic E-state index is 0.109. The number of rotatable bonds is 6. The lowest BCUT2D eigenvalue weighted by molar-refractivity contribution is 0.791. The van der Waals surface area contributed by atoms with Crippen molar-refractivity contribution in [2.75, 3.05) is 0 Å². The van der Waals surface area contributed by atoms with Crippen LogP contribution in [0.25, 0.3) is 18.2 Å². The number of allylic oxidation sites excluding steroid dienone is 1. The van der Waals surface area contributed by atoms with Crippen LogP contribution in [0.1, 0.15) is 34.2 Å². The van der Waals surface area contributed by atoms with E-state index in [1.165, 1.54) is 27.8 Å². The molecule has 31 heavy (non-hydrogen) atoms. The molecular formula is C31H26. The third kappa shape index (κ3) is 4.15. The average molecular weight is 399 g/mol. The molecule has 0 N–H and O–H groups in total. The smallest absolute Gasteiger partial charge is 0.0272 e. The zero-order valence-electron chi connectivity index (χ0n) is 17.6. The highest BCUT2D eigenvalue weighted by Gasteiger charge is 2.54. The van der Waals surface area contributed by atoms with Crippen molar-refractivity contribution in [1.29, 1.82) is 0 Å². The molecule has 0 aromatic heterocycles. The van der Waals surface area contributed by atoms with Gasteiger partial charge >= 0.3 is 0 Å². The highest BCUT2D eigenvalue weighted by molar-refractivity contribution is 5.70. The van der Waals surface area contributed by atoms with Crippen molar-refractivity contribution in [2.24, 2.45) is 5.92 Å². The van der Waals surface area contributed by atoms with Crippen LogP contribution in [-0.4, -0.2) is 0 Å². The van der Waals surface area contributed by atoms with Crippen LogP contribution in [-0.2, 0) is 5.41 Å². The van der Waals surface area contributed by atoms with Crippen LogP contribution in [0.3, 0.4) is 0 Å². The Morgan fingerprint density at radius 1 is 0.484 bits per heavy atom. The molecule has 1 aliphatic rings. The highest BCUT2D eigenvalue weighted by atomic mass is 14.6. The van der Waals surface area contributed by atoms with E-state index < -0.39 is 0 Å². The predicted octanol–water partition coefficient (Wildman–Crippen LogP) is 7.88. The van der Waals surface area contributed by atoms with E-state index in [4.69, 9.17) is 0 Å². The molecule has 0 bridgehead atoms. The third-order valence-corrected chi connectivity index (χ3v) is 6.32. The highest BCUT2D eigenvalue weighted by Crippen LogP contribution is 2.59. The Bertz CT molecular complexity index is 1130. The maximum absolute atomic E-state index is 2.40. The van der Waals surface area contributed by atoms with Gasteiger partial charge in [-0.05, 0) is 40.2 Å². The molecule has 0 heterocycles. The van der Waals surface area contributed by atoms with Crippen molar-refractivity contribution in [2.45, 2.75) is 11.8 Å². The first-order valence-electron chi connectivity index (χ1n) is 11.0. The van der Waals surface area contributed by atoms with Gasteiger partial charge in [0, 0.05) is 5.41 Å². The van der Waals surface area contributed by atoms with Gasteiger partial charge in [0.25, 0.3) is 0 Å². The minimum atomic E-state index is 0.109. The number of hydrogen-bond acceptors (Lipinski definition) is 0. The fourth-order valence-electron chi connectivity index (χ4n) is 4.52. The average Bonchev–Trinajstić information content (AvgIpc) is 3.59. The van der Waals surface area contributed by atoms with Crippen LogP contribution >= 0.6 is 0 Å². The quantitative estimate of drug-likeness (QED) is 0.290. The SMILES string of the molecule is C(=C\c1ccc(/C=C/C2CC2(c2ccccc2)c2ccccc2)cc1)/c1ccccc1. The van der Waals surface area contributed by atoms with Crippen LogP contribution in [0.5, 0.6) is 0 Å². The Balaban J connectivity index is 1.33. The molecule has 0 radical (unpaired) electrons. The molecule has 5 rings (SSSR count). The molecule has 0 amide bonds. The molecule has 4 aromatic rings. The summed E-state index contributed by atoms with van der Waals surface area (Å²) in [6.07, 6.45) is 10.2.